The first-order valence-electron chi connectivity index (χ1n) is 6.56. The van der Waals surface area contributed by atoms with E-state index in [1.807, 2.05) is 12.1 Å². The third kappa shape index (κ3) is 2.60. The van der Waals surface area contributed by atoms with Crippen molar-refractivity contribution in [1.29, 1.82) is 0 Å². The maximum Gasteiger partial charge on any atom is 0.280 e. The predicted octanol–water partition coefficient (Wildman–Crippen LogP) is 0.320. The van der Waals surface area contributed by atoms with Gasteiger partial charge < -0.3 is 20.6 Å². The summed E-state index contributed by atoms with van der Waals surface area (Å²) < 4.78 is 4.45. The number of amides is 1. The highest BCUT2D eigenvalue weighted by molar-refractivity contribution is 5.96. The number of anilines is 2. The number of aromatic hydroxyl groups is 1. The molecule has 1 aliphatic heterocycles. The van der Waals surface area contributed by atoms with Crippen LogP contribution >= 0.6 is 0 Å². The SMILES string of the molecule is Nc1nonc1C(=O)N1CCN(c2ccc(O)cc2)CC1. The standard InChI is InChI=1S/C13H15N5O3/c14-12-11(15-21-16-12)13(20)18-7-5-17(6-8-18)9-1-3-10(19)4-2-9/h1-4,19H,5-8H2,(H2,14,16). The third-order valence-electron chi connectivity index (χ3n) is 3.50. The van der Waals surface area contributed by atoms with E-state index in [4.69, 9.17) is 5.73 Å². The van der Waals surface area contributed by atoms with Crippen molar-refractivity contribution in [2.45, 2.75) is 0 Å². The molecule has 3 rings (SSSR count). The Kier molecular flexibility index (Phi) is 3.35. The highest BCUT2D eigenvalue weighted by atomic mass is 16.6. The molecule has 1 amide bonds. The summed E-state index contributed by atoms with van der Waals surface area (Å²) in [6, 6.07) is 7.00. The van der Waals surface area contributed by atoms with E-state index < -0.39 is 0 Å². The van der Waals surface area contributed by atoms with Crippen molar-refractivity contribution < 1.29 is 14.5 Å². The van der Waals surface area contributed by atoms with Gasteiger partial charge in [0.1, 0.15) is 5.75 Å². The van der Waals surface area contributed by atoms with Gasteiger partial charge in [-0.05, 0) is 34.6 Å². The molecular formula is C13H15N5O3. The molecule has 0 saturated carbocycles. The van der Waals surface area contributed by atoms with Gasteiger partial charge in [-0.15, -0.1) is 0 Å². The van der Waals surface area contributed by atoms with E-state index in [0.717, 1.165) is 5.69 Å². The van der Waals surface area contributed by atoms with Crippen LogP contribution < -0.4 is 10.6 Å². The van der Waals surface area contributed by atoms with Crippen LogP contribution in [0.15, 0.2) is 28.9 Å². The topological polar surface area (TPSA) is 109 Å². The summed E-state index contributed by atoms with van der Waals surface area (Å²) in [6.45, 7) is 2.52. The Labute approximate surface area is 120 Å². The van der Waals surface area contributed by atoms with Crippen LogP contribution in [0.1, 0.15) is 10.5 Å². The fourth-order valence-electron chi connectivity index (χ4n) is 2.32. The van der Waals surface area contributed by atoms with Crippen molar-refractivity contribution in [3.05, 3.63) is 30.0 Å². The Bertz CT molecular complexity index is 632. The van der Waals surface area contributed by atoms with Crippen LogP contribution in [0.3, 0.4) is 0 Å². The minimum absolute atomic E-state index is 0.0148. The van der Waals surface area contributed by atoms with Crippen molar-refractivity contribution in [3.8, 4) is 5.75 Å². The first-order chi connectivity index (χ1) is 10.1. The summed E-state index contributed by atoms with van der Waals surface area (Å²) >= 11 is 0. The highest BCUT2D eigenvalue weighted by Crippen LogP contribution is 2.20. The quantitative estimate of drug-likeness (QED) is 0.819. The number of hydrogen-bond acceptors (Lipinski definition) is 7. The number of rotatable bonds is 2. The molecule has 0 aliphatic carbocycles. The second-order valence-corrected chi connectivity index (χ2v) is 4.79. The van der Waals surface area contributed by atoms with Crippen molar-refractivity contribution in [2.75, 3.05) is 36.8 Å². The summed E-state index contributed by atoms with van der Waals surface area (Å²) in [7, 11) is 0. The van der Waals surface area contributed by atoms with Gasteiger partial charge in [0.2, 0.25) is 11.5 Å². The zero-order valence-corrected chi connectivity index (χ0v) is 11.3. The van der Waals surface area contributed by atoms with Gasteiger partial charge in [0.15, 0.2) is 0 Å². The van der Waals surface area contributed by atoms with Crippen LogP contribution in [-0.2, 0) is 0 Å². The fourth-order valence-corrected chi connectivity index (χ4v) is 2.32. The maximum atomic E-state index is 12.2. The summed E-state index contributed by atoms with van der Waals surface area (Å²) in [6.07, 6.45) is 0. The van der Waals surface area contributed by atoms with E-state index in [2.05, 4.69) is 19.8 Å². The number of carbonyl (C=O) groups is 1. The number of nitrogens with two attached hydrogens (primary N) is 1. The third-order valence-corrected chi connectivity index (χ3v) is 3.50. The highest BCUT2D eigenvalue weighted by Gasteiger charge is 2.26. The number of hydrogen-bond donors (Lipinski definition) is 2. The number of nitrogens with zero attached hydrogens (tertiary/aromatic N) is 4. The Hall–Kier alpha value is -2.77. The van der Waals surface area contributed by atoms with Gasteiger partial charge >= 0.3 is 0 Å². The smallest absolute Gasteiger partial charge is 0.280 e. The molecule has 1 aromatic heterocycles. The summed E-state index contributed by atoms with van der Waals surface area (Å²) in [5.41, 5.74) is 6.61. The Morgan fingerprint density at radius 1 is 1.14 bits per heavy atom. The van der Waals surface area contributed by atoms with E-state index >= 15 is 0 Å². The Balaban J connectivity index is 1.64. The lowest BCUT2D eigenvalue weighted by Gasteiger charge is -2.35. The molecule has 110 valence electrons. The zero-order valence-electron chi connectivity index (χ0n) is 11.3. The van der Waals surface area contributed by atoms with Crippen LogP contribution in [0.4, 0.5) is 11.5 Å². The number of aromatic nitrogens is 2. The number of benzene rings is 1. The minimum Gasteiger partial charge on any atom is -0.508 e. The summed E-state index contributed by atoms with van der Waals surface area (Å²) in [5.74, 6) is -0.0124. The van der Waals surface area contributed by atoms with Gasteiger partial charge in [-0.25, -0.2) is 4.63 Å². The molecule has 0 spiro atoms. The van der Waals surface area contributed by atoms with E-state index in [9.17, 15) is 9.90 Å². The molecule has 0 radical (unpaired) electrons. The van der Waals surface area contributed by atoms with E-state index in [1.165, 1.54) is 0 Å². The molecule has 0 atom stereocenters. The number of phenolic OH excluding ortho intramolecular Hbond substituents is 1. The van der Waals surface area contributed by atoms with Gasteiger partial charge in [0.05, 0.1) is 0 Å². The Morgan fingerprint density at radius 2 is 1.81 bits per heavy atom. The minimum atomic E-state index is -0.265. The molecule has 0 unspecified atom stereocenters. The van der Waals surface area contributed by atoms with Crippen LogP contribution in [0.5, 0.6) is 5.75 Å². The lowest BCUT2D eigenvalue weighted by Crippen LogP contribution is -2.49. The molecule has 1 saturated heterocycles. The van der Waals surface area contributed by atoms with Crippen molar-refractivity contribution in [2.24, 2.45) is 0 Å². The van der Waals surface area contributed by atoms with Crippen LogP contribution in [0, 0.1) is 0 Å². The van der Waals surface area contributed by atoms with E-state index in [0.29, 0.717) is 26.2 Å². The molecule has 8 nitrogen and oxygen atoms in total. The molecule has 2 heterocycles. The zero-order chi connectivity index (χ0) is 14.8. The molecular weight excluding hydrogens is 274 g/mol. The molecule has 1 aromatic carbocycles. The van der Waals surface area contributed by atoms with Gasteiger partial charge in [0.25, 0.3) is 5.91 Å². The van der Waals surface area contributed by atoms with E-state index in [-0.39, 0.29) is 23.2 Å². The second kappa shape index (κ2) is 5.31. The van der Waals surface area contributed by atoms with Crippen molar-refractivity contribution in [1.82, 2.24) is 15.2 Å². The molecule has 0 bridgehead atoms. The molecule has 8 heteroatoms. The van der Waals surface area contributed by atoms with Gasteiger partial charge in [0, 0.05) is 31.9 Å². The van der Waals surface area contributed by atoms with Crippen LogP contribution in [-0.4, -0.2) is 52.4 Å². The number of nitrogen functional groups attached to an aromatic ring is 1. The monoisotopic (exact) mass is 289 g/mol. The fraction of sp³-hybridized carbons (Fsp3) is 0.308. The van der Waals surface area contributed by atoms with Crippen LogP contribution in [0.2, 0.25) is 0 Å². The summed E-state index contributed by atoms with van der Waals surface area (Å²) in [5, 5.41) is 16.2. The Morgan fingerprint density at radius 3 is 2.38 bits per heavy atom. The van der Waals surface area contributed by atoms with Crippen LogP contribution in [0.25, 0.3) is 0 Å². The molecule has 3 N–H and O–H groups in total. The first-order valence-corrected chi connectivity index (χ1v) is 6.56. The van der Waals surface area contributed by atoms with Gasteiger partial charge in [-0.3, -0.25) is 4.79 Å². The van der Waals surface area contributed by atoms with Crippen molar-refractivity contribution in [3.63, 3.8) is 0 Å². The lowest BCUT2D eigenvalue weighted by atomic mass is 10.2. The predicted molar refractivity (Wildman–Crippen MR) is 74.9 cm³/mol. The molecule has 1 aliphatic rings. The number of carbonyl (C=O) groups excluding carboxylic acids is 1. The number of piperazine rings is 1. The normalized spacial score (nSPS) is 15.2. The lowest BCUT2D eigenvalue weighted by molar-refractivity contribution is 0.0736. The second-order valence-electron chi connectivity index (χ2n) is 4.79. The molecule has 2 aromatic rings. The van der Waals surface area contributed by atoms with Crippen molar-refractivity contribution >= 4 is 17.4 Å². The largest absolute Gasteiger partial charge is 0.508 e. The average Bonchev–Trinajstić information content (AvgIpc) is 2.94. The maximum absolute atomic E-state index is 12.2. The van der Waals surface area contributed by atoms with E-state index in [1.54, 1.807) is 17.0 Å². The molecule has 21 heavy (non-hydrogen) atoms. The molecule has 1 fully saturated rings. The average molecular weight is 289 g/mol. The first kappa shape index (κ1) is 13.2. The van der Waals surface area contributed by atoms with Gasteiger partial charge in [-0.1, -0.05) is 0 Å². The van der Waals surface area contributed by atoms with Gasteiger partial charge in [-0.2, -0.15) is 0 Å². The summed E-state index contributed by atoms with van der Waals surface area (Å²) in [4.78, 5) is 16.0. The number of phenols is 1.